The van der Waals surface area contributed by atoms with E-state index < -0.39 is 10.0 Å². The molecule has 7 nitrogen and oxygen atoms in total. The minimum atomic E-state index is -3.19. The molecule has 164 valence electrons. The van der Waals surface area contributed by atoms with Crippen molar-refractivity contribution in [2.75, 3.05) is 37.8 Å². The second-order valence-electron chi connectivity index (χ2n) is 9.03. The van der Waals surface area contributed by atoms with Gasteiger partial charge in [-0.2, -0.15) is 5.10 Å². The predicted octanol–water partition coefficient (Wildman–Crippen LogP) is 3.41. The van der Waals surface area contributed by atoms with E-state index in [1.54, 1.807) is 13.2 Å². The quantitative estimate of drug-likeness (QED) is 0.538. The molecule has 0 amide bonds. The first-order valence-electron chi connectivity index (χ1n) is 10.9. The number of hydrogen-bond donors (Lipinski definition) is 0. The van der Waals surface area contributed by atoms with Crippen molar-refractivity contribution in [1.29, 1.82) is 0 Å². The van der Waals surface area contributed by atoms with Gasteiger partial charge >= 0.3 is 0 Å². The summed E-state index contributed by atoms with van der Waals surface area (Å²) in [4.78, 5) is 6.63. The van der Waals surface area contributed by atoms with Crippen molar-refractivity contribution in [3.05, 3.63) is 48.3 Å². The molecule has 0 N–H and O–H groups in total. The SMILES string of the molecule is CCN(CCN(C)S(C)(=O)=O)c1cc(-n2ncc3ccc(C4CC45CC5)cc32)ccn1. The standard InChI is InChI=1S/C23H29N5O2S/c1-4-27(12-11-26(2)31(3,29)30)22-14-19(7-10-24-22)28-21-13-17(5-6-18(21)16-25-28)20-15-23(20)8-9-23/h5-7,10,13-14,16,20H,4,8-9,11-12,15H2,1-3H3. The molecule has 2 saturated carbocycles. The number of fused-ring (bicyclic) bond motifs is 1. The van der Waals surface area contributed by atoms with Crippen molar-refractivity contribution in [2.45, 2.75) is 32.1 Å². The first-order valence-corrected chi connectivity index (χ1v) is 12.8. The summed E-state index contributed by atoms with van der Waals surface area (Å²) in [5.41, 5.74) is 4.14. The monoisotopic (exact) mass is 439 g/mol. The van der Waals surface area contributed by atoms with Crippen LogP contribution in [0, 0.1) is 5.41 Å². The van der Waals surface area contributed by atoms with Crippen LogP contribution >= 0.6 is 0 Å². The highest BCUT2D eigenvalue weighted by Gasteiger charge is 2.62. The van der Waals surface area contributed by atoms with E-state index in [0.29, 0.717) is 18.5 Å². The average molecular weight is 440 g/mol. The number of pyridine rings is 1. The van der Waals surface area contributed by atoms with Crippen molar-refractivity contribution in [3.63, 3.8) is 0 Å². The summed E-state index contributed by atoms with van der Waals surface area (Å²) in [6.45, 7) is 3.77. The Bertz CT molecular complexity index is 1230. The van der Waals surface area contributed by atoms with Crippen LogP contribution in [0.3, 0.4) is 0 Å². The summed E-state index contributed by atoms with van der Waals surface area (Å²) in [5.74, 6) is 1.54. The highest BCUT2D eigenvalue weighted by Crippen LogP contribution is 2.75. The Balaban J connectivity index is 1.41. The highest BCUT2D eigenvalue weighted by molar-refractivity contribution is 7.88. The molecule has 1 aromatic carbocycles. The molecule has 3 aromatic rings. The molecule has 1 spiro atoms. The van der Waals surface area contributed by atoms with E-state index in [1.807, 2.05) is 29.9 Å². The molecule has 8 heteroatoms. The van der Waals surface area contributed by atoms with Crippen LogP contribution in [-0.4, -0.2) is 60.4 Å². The van der Waals surface area contributed by atoms with Gasteiger partial charge in [0.15, 0.2) is 0 Å². The third kappa shape index (κ3) is 3.83. The maximum atomic E-state index is 11.7. The van der Waals surface area contributed by atoms with Crippen LogP contribution in [0.25, 0.3) is 16.6 Å². The van der Waals surface area contributed by atoms with Gasteiger partial charge in [-0.25, -0.2) is 22.4 Å². The van der Waals surface area contributed by atoms with Gasteiger partial charge in [-0.3, -0.25) is 0 Å². The van der Waals surface area contributed by atoms with E-state index in [9.17, 15) is 8.42 Å². The normalized spacial score (nSPS) is 19.3. The smallest absolute Gasteiger partial charge is 0.211 e. The second-order valence-corrected chi connectivity index (χ2v) is 11.1. The lowest BCUT2D eigenvalue weighted by molar-refractivity contribution is 0.476. The van der Waals surface area contributed by atoms with Gasteiger partial charge < -0.3 is 4.90 Å². The lowest BCUT2D eigenvalue weighted by Gasteiger charge is -2.24. The Kier molecular flexibility index (Phi) is 4.82. The highest BCUT2D eigenvalue weighted by atomic mass is 32.2. The van der Waals surface area contributed by atoms with Crippen molar-refractivity contribution in [2.24, 2.45) is 5.41 Å². The largest absolute Gasteiger partial charge is 0.356 e. The number of likely N-dealkylation sites (N-methyl/N-ethyl adjacent to an activating group) is 2. The number of rotatable bonds is 8. The van der Waals surface area contributed by atoms with E-state index in [1.165, 1.54) is 35.4 Å². The summed E-state index contributed by atoms with van der Waals surface area (Å²) in [7, 11) is -1.59. The van der Waals surface area contributed by atoms with E-state index in [-0.39, 0.29) is 0 Å². The maximum Gasteiger partial charge on any atom is 0.211 e. The molecular formula is C23H29N5O2S. The number of anilines is 1. The van der Waals surface area contributed by atoms with E-state index >= 15 is 0 Å². The Morgan fingerprint density at radius 3 is 2.68 bits per heavy atom. The molecule has 2 aromatic heterocycles. The Hall–Kier alpha value is -2.45. The fourth-order valence-electron chi connectivity index (χ4n) is 4.56. The first kappa shape index (κ1) is 20.5. The minimum absolute atomic E-state index is 0.412. The molecule has 1 atom stereocenters. The summed E-state index contributed by atoms with van der Waals surface area (Å²) >= 11 is 0. The molecule has 1 unspecified atom stereocenters. The minimum Gasteiger partial charge on any atom is -0.356 e. The van der Waals surface area contributed by atoms with Gasteiger partial charge in [0.05, 0.1) is 23.7 Å². The van der Waals surface area contributed by atoms with Crippen molar-refractivity contribution in [1.82, 2.24) is 19.1 Å². The number of nitrogens with zero attached hydrogens (tertiary/aromatic N) is 5. The van der Waals surface area contributed by atoms with Crippen LogP contribution in [-0.2, 0) is 10.0 Å². The van der Waals surface area contributed by atoms with Gasteiger partial charge in [0.1, 0.15) is 5.82 Å². The molecule has 2 fully saturated rings. The predicted molar refractivity (Wildman–Crippen MR) is 123 cm³/mol. The number of benzene rings is 1. The summed E-state index contributed by atoms with van der Waals surface area (Å²) in [5, 5.41) is 5.79. The lowest BCUT2D eigenvalue weighted by Crippen LogP contribution is -2.36. The van der Waals surface area contributed by atoms with E-state index in [4.69, 9.17) is 0 Å². The Labute approximate surface area is 183 Å². The molecule has 2 aliphatic rings. The molecule has 0 bridgehead atoms. The zero-order valence-electron chi connectivity index (χ0n) is 18.3. The molecule has 0 radical (unpaired) electrons. The molecule has 0 saturated heterocycles. The van der Waals surface area contributed by atoms with Gasteiger partial charge in [-0.1, -0.05) is 12.1 Å². The van der Waals surface area contributed by atoms with Gasteiger partial charge in [0.25, 0.3) is 0 Å². The first-order chi connectivity index (χ1) is 14.8. The van der Waals surface area contributed by atoms with E-state index in [0.717, 1.165) is 34.9 Å². The van der Waals surface area contributed by atoms with Crippen LogP contribution in [0.5, 0.6) is 0 Å². The lowest BCUT2D eigenvalue weighted by atomic mass is 10.1. The fraction of sp³-hybridized carbons (Fsp3) is 0.478. The van der Waals surface area contributed by atoms with Crippen molar-refractivity contribution >= 4 is 26.7 Å². The van der Waals surface area contributed by atoms with E-state index in [2.05, 4.69) is 33.2 Å². The topological polar surface area (TPSA) is 71.3 Å². The van der Waals surface area contributed by atoms with Crippen molar-refractivity contribution in [3.8, 4) is 5.69 Å². The zero-order valence-corrected chi connectivity index (χ0v) is 19.1. The number of sulfonamides is 1. The van der Waals surface area contributed by atoms with Crippen LogP contribution in [0.15, 0.2) is 42.7 Å². The molecule has 2 heterocycles. The average Bonchev–Trinajstić information content (AvgIpc) is 3.65. The molecule has 2 aliphatic carbocycles. The van der Waals surface area contributed by atoms with Crippen molar-refractivity contribution < 1.29 is 8.42 Å². The molecule has 5 rings (SSSR count). The third-order valence-electron chi connectivity index (χ3n) is 7.01. The molecule has 31 heavy (non-hydrogen) atoms. The summed E-state index contributed by atoms with van der Waals surface area (Å²) in [6, 6.07) is 10.8. The van der Waals surface area contributed by atoms with Gasteiger partial charge in [0, 0.05) is 44.3 Å². The van der Waals surface area contributed by atoms with Crippen LogP contribution in [0.2, 0.25) is 0 Å². The molecule has 0 aliphatic heterocycles. The second kappa shape index (κ2) is 7.31. The Morgan fingerprint density at radius 2 is 2.00 bits per heavy atom. The number of hydrogen-bond acceptors (Lipinski definition) is 5. The zero-order chi connectivity index (χ0) is 21.8. The fourth-order valence-corrected chi connectivity index (χ4v) is 4.98. The van der Waals surface area contributed by atoms with Crippen LogP contribution in [0.4, 0.5) is 5.82 Å². The van der Waals surface area contributed by atoms with Gasteiger partial charge in [-0.05, 0) is 55.2 Å². The van der Waals surface area contributed by atoms with Gasteiger partial charge in [0.2, 0.25) is 10.0 Å². The molecular weight excluding hydrogens is 410 g/mol. The van der Waals surface area contributed by atoms with Crippen LogP contribution in [0.1, 0.15) is 37.7 Å². The summed E-state index contributed by atoms with van der Waals surface area (Å²) < 4.78 is 26.8. The van der Waals surface area contributed by atoms with Gasteiger partial charge in [-0.15, -0.1) is 0 Å². The van der Waals surface area contributed by atoms with Crippen LogP contribution < -0.4 is 4.90 Å². The third-order valence-corrected chi connectivity index (χ3v) is 8.32. The maximum absolute atomic E-state index is 11.7. The summed E-state index contributed by atoms with van der Waals surface area (Å²) in [6.07, 6.45) is 9.03. The Morgan fingerprint density at radius 1 is 1.19 bits per heavy atom. The number of aromatic nitrogens is 3.